The Balaban J connectivity index is 2.48. The Morgan fingerprint density at radius 3 is 2.53 bits per heavy atom. The molecule has 0 aliphatic carbocycles. The maximum absolute atomic E-state index is 11.4. The van der Waals surface area contributed by atoms with Crippen LogP contribution in [-0.2, 0) is 14.3 Å². The third kappa shape index (κ3) is 3.89. The van der Waals surface area contributed by atoms with Crippen LogP contribution < -0.4 is 5.32 Å². The lowest BCUT2D eigenvalue weighted by Crippen LogP contribution is -2.45. The topological polar surface area (TPSA) is 84.9 Å². The number of amides is 1. The van der Waals surface area contributed by atoms with Gasteiger partial charge in [0.15, 0.2) is 0 Å². The van der Waals surface area contributed by atoms with E-state index >= 15 is 0 Å². The summed E-state index contributed by atoms with van der Waals surface area (Å²) >= 11 is 0. The summed E-state index contributed by atoms with van der Waals surface area (Å²) < 4.78 is 10.1. The lowest BCUT2D eigenvalue weighted by Gasteiger charge is -2.24. The highest BCUT2D eigenvalue weighted by molar-refractivity contribution is 5.77. The van der Waals surface area contributed by atoms with Crippen molar-refractivity contribution in [2.75, 3.05) is 19.8 Å². The van der Waals surface area contributed by atoms with E-state index in [0.717, 1.165) is 0 Å². The minimum atomic E-state index is -1.02. The number of hydrogen-bond acceptors (Lipinski definition) is 4. The van der Waals surface area contributed by atoms with E-state index in [-0.39, 0.29) is 13.2 Å². The highest BCUT2D eigenvalue weighted by atomic mass is 16.6. The number of carboxylic acid groups (broad SMARTS) is 1. The van der Waals surface area contributed by atoms with E-state index in [0.29, 0.717) is 13.0 Å². The van der Waals surface area contributed by atoms with Crippen molar-refractivity contribution in [3.8, 4) is 0 Å². The first-order valence-corrected chi connectivity index (χ1v) is 5.53. The van der Waals surface area contributed by atoms with Crippen molar-refractivity contribution in [1.29, 1.82) is 0 Å². The molecule has 0 saturated carbocycles. The third-order valence-corrected chi connectivity index (χ3v) is 2.53. The molecule has 1 rings (SSSR count). The standard InChI is InChI=1S/C11H19NO5/c1-10(2,3)17-9(15)12-6-11(8(13)14)4-5-16-7-11/h4-7H2,1-3H3,(H,12,15)(H,13,14). The summed E-state index contributed by atoms with van der Waals surface area (Å²) in [6.07, 6.45) is -0.206. The van der Waals surface area contributed by atoms with Crippen molar-refractivity contribution < 1.29 is 24.2 Å². The van der Waals surface area contributed by atoms with Gasteiger partial charge in [-0.2, -0.15) is 0 Å². The van der Waals surface area contributed by atoms with Gasteiger partial charge < -0.3 is 19.9 Å². The summed E-state index contributed by atoms with van der Waals surface area (Å²) in [6.45, 7) is 5.80. The Morgan fingerprint density at radius 1 is 1.47 bits per heavy atom. The summed E-state index contributed by atoms with van der Waals surface area (Å²) in [5, 5.41) is 11.6. The van der Waals surface area contributed by atoms with Gasteiger partial charge in [0.25, 0.3) is 0 Å². The molecule has 1 atom stereocenters. The van der Waals surface area contributed by atoms with E-state index in [1.54, 1.807) is 20.8 Å². The van der Waals surface area contributed by atoms with Crippen LogP contribution in [0.25, 0.3) is 0 Å². The Labute approximate surface area is 100 Å². The number of nitrogens with one attached hydrogen (secondary N) is 1. The van der Waals surface area contributed by atoms with Crippen LogP contribution in [0.3, 0.4) is 0 Å². The third-order valence-electron chi connectivity index (χ3n) is 2.53. The van der Waals surface area contributed by atoms with Gasteiger partial charge in [-0.3, -0.25) is 4.79 Å². The second-order valence-corrected chi connectivity index (χ2v) is 5.24. The summed E-state index contributed by atoms with van der Waals surface area (Å²) in [5.74, 6) is -0.953. The first kappa shape index (κ1) is 13.8. The predicted molar refractivity (Wildman–Crippen MR) is 59.7 cm³/mol. The van der Waals surface area contributed by atoms with E-state index in [2.05, 4.69) is 5.32 Å². The van der Waals surface area contributed by atoms with Crippen molar-refractivity contribution in [3.63, 3.8) is 0 Å². The van der Waals surface area contributed by atoms with Gasteiger partial charge in [0.2, 0.25) is 0 Å². The average Bonchev–Trinajstić information content (AvgIpc) is 2.61. The molecule has 1 aliphatic heterocycles. The molecule has 0 aromatic carbocycles. The molecule has 0 aromatic rings. The highest BCUT2D eigenvalue weighted by Crippen LogP contribution is 2.28. The molecule has 1 fully saturated rings. The van der Waals surface area contributed by atoms with Crippen LogP contribution in [0.4, 0.5) is 4.79 Å². The first-order valence-electron chi connectivity index (χ1n) is 5.53. The molecule has 0 spiro atoms. The molecular weight excluding hydrogens is 226 g/mol. The second kappa shape index (κ2) is 4.91. The van der Waals surface area contributed by atoms with Crippen LogP contribution in [0.5, 0.6) is 0 Å². The van der Waals surface area contributed by atoms with Crippen LogP contribution >= 0.6 is 0 Å². The lowest BCUT2D eigenvalue weighted by atomic mass is 9.87. The van der Waals surface area contributed by atoms with Crippen molar-refractivity contribution in [2.24, 2.45) is 5.41 Å². The lowest BCUT2D eigenvalue weighted by molar-refractivity contribution is -0.148. The zero-order valence-corrected chi connectivity index (χ0v) is 10.4. The number of aliphatic carboxylic acids is 1. The van der Waals surface area contributed by atoms with Crippen molar-refractivity contribution in [1.82, 2.24) is 5.32 Å². The van der Waals surface area contributed by atoms with Gasteiger partial charge in [-0.05, 0) is 27.2 Å². The summed E-state index contributed by atoms with van der Waals surface area (Å²) in [4.78, 5) is 22.6. The van der Waals surface area contributed by atoms with E-state index in [4.69, 9.17) is 14.6 Å². The molecule has 1 unspecified atom stereocenters. The molecule has 1 heterocycles. The van der Waals surface area contributed by atoms with Gasteiger partial charge in [0.1, 0.15) is 11.0 Å². The fourth-order valence-corrected chi connectivity index (χ4v) is 1.55. The molecule has 1 amide bonds. The van der Waals surface area contributed by atoms with E-state index < -0.39 is 23.1 Å². The van der Waals surface area contributed by atoms with Gasteiger partial charge in [-0.15, -0.1) is 0 Å². The largest absolute Gasteiger partial charge is 0.481 e. The monoisotopic (exact) mass is 245 g/mol. The molecule has 6 nitrogen and oxygen atoms in total. The number of ether oxygens (including phenoxy) is 2. The Kier molecular flexibility index (Phi) is 3.98. The fourth-order valence-electron chi connectivity index (χ4n) is 1.55. The van der Waals surface area contributed by atoms with E-state index in [1.165, 1.54) is 0 Å². The predicted octanol–water partition coefficient (Wildman–Crippen LogP) is 1.00. The molecule has 1 saturated heterocycles. The van der Waals surface area contributed by atoms with Crippen molar-refractivity contribution in [3.05, 3.63) is 0 Å². The summed E-state index contributed by atoms with van der Waals surface area (Å²) in [5.41, 5.74) is -1.61. The molecule has 2 N–H and O–H groups in total. The maximum atomic E-state index is 11.4. The maximum Gasteiger partial charge on any atom is 0.407 e. The molecule has 98 valence electrons. The van der Waals surface area contributed by atoms with Gasteiger partial charge in [-0.25, -0.2) is 4.79 Å². The number of alkyl carbamates (subject to hydrolysis) is 1. The van der Waals surface area contributed by atoms with Crippen LogP contribution in [0.1, 0.15) is 27.2 Å². The Hall–Kier alpha value is -1.30. The zero-order valence-electron chi connectivity index (χ0n) is 10.4. The van der Waals surface area contributed by atoms with Crippen LogP contribution in [0.15, 0.2) is 0 Å². The molecule has 6 heteroatoms. The number of carbonyl (C=O) groups is 2. The smallest absolute Gasteiger partial charge is 0.407 e. The Morgan fingerprint density at radius 2 is 2.12 bits per heavy atom. The number of rotatable bonds is 3. The van der Waals surface area contributed by atoms with Crippen molar-refractivity contribution in [2.45, 2.75) is 32.8 Å². The number of carbonyl (C=O) groups excluding carboxylic acids is 1. The number of carboxylic acids is 1. The van der Waals surface area contributed by atoms with Gasteiger partial charge in [0, 0.05) is 13.2 Å². The first-order chi connectivity index (χ1) is 7.75. The minimum absolute atomic E-state index is 0.0250. The molecule has 0 aromatic heterocycles. The van der Waals surface area contributed by atoms with Crippen LogP contribution in [0.2, 0.25) is 0 Å². The Bertz CT molecular complexity index is 301. The van der Waals surface area contributed by atoms with Crippen LogP contribution in [0, 0.1) is 5.41 Å². The normalized spacial score (nSPS) is 24.4. The molecular formula is C11H19NO5. The van der Waals surface area contributed by atoms with E-state index in [9.17, 15) is 9.59 Å². The average molecular weight is 245 g/mol. The van der Waals surface area contributed by atoms with Gasteiger partial charge in [0.05, 0.1) is 6.61 Å². The van der Waals surface area contributed by atoms with Gasteiger partial charge >= 0.3 is 12.1 Å². The summed E-state index contributed by atoms with van der Waals surface area (Å²) in [7, 11) is 0. The minimum Gasteiger partial charge on any atom is -0.481 e. The van der Waals surface area contributed by atoms with Gasteiger partial charge in [-0.1, -0.05) is 0 Å². The molecule has 0 bridgehead atoms. The van der Waals surface area contributed by atoms with E-state index in [1.807, 2.05) is 0 Å². The molecule has 0 radical (unpaired) electrons. The molecule has 17 heavy (non-hydrogen) atoms. The quantitative estimate of drug-likeness (QED) is 0.775. The fraction of sp³-hybridized carbons (Fsp3) is 0.818. The highest BCUT2D eigenvalue weighted by Gasteiger charge is 2.43. The second-order valence-electron chi connectivity index (χ2n) is 5.24. The summed E-state index contributed by atoms with van der Waals surface area (Å²) in [6, 6.07) is 0. The zero-order chi connectivity index (χ0) is 13.1. The molecule has 1 aliphatic rings. The SMILES string of the molecule is CC(C)(C)OC(=O)NCC1(C(=O)O)CCOC1. The van der Waals surface area contributed by atoms with Crippen LogP contribution in [-0.4, -0.2) is 42.5 Å². The number of hydrogen-bond donors (Lipinski definition) is 2. The van der Waals surface area contributed by atoms with Crippen molar-refractivity contribution >= 4 is 12.1 Å².